The quantitative estimate of drug-likeness (QED) is 0.903. The van der Waals surface area contributed by atoms with E-state index in [-0.39, 0.29) is 6.54 Å². The van der Waals surface area contributed by atoms with E-state index < -0.39 is 23.1 Å². The molecule has 0 bridgehead atoms. The van der Waals surface area contributed by atoms with Crippen LogP contribution >= 0.6 is 0 Å². The predicted molar refractivity (Wildman–Crippen MR) is 68.7 cm³/mol. The molecule has 1 amide bonds. The van der Waals surface area contributed by atoms with E-state index in [2.05, 4.69) is 5.32 Å². The zero-order valence-electron chi connectivity index (χ0n) is 10.4. The molecule has 0 unspecified atom stereocenters. The Kier molecular flexibility index (Phi) is 3.90. The van der Waals surface area contributed by atoms with Crippen LogP contribution in [0.25, 0.3) is 0 Å². The first-order valence-electron chi connectivity index (χ1n) is 5.85. The van der Waals surface area contributed by atoms with Crippen molar-refractivity contribution in [3.05, 3.63) is 70.8 Å². The van der Waals surface area contributed by atoms with Crippen molar-refractivity contribution in [2.45, 2.75) is 13.5 Å². The first kappa shape index (κ1) is 13.2. The molecule has 0 saturated heterocycles. The molecule has 0 radical (unpaired) electrons. The van der Waals surface area contributed by atoms with E-state index in [1.54, 1.807) is 0 Å². The summed E-state index contributed by atoms with van der Waals surface area (Å²) in [6, 6.07) is 10.9. The molecular weight excluding hydrogens is 248 g/mol. The number of benzene rings is 2. The molecule has 0 aliphatic rings. The molecule has 0 heterocycles. The summed E-state index contributed by atoms with van der Waals surface area (Å²) in [6.07, 6.45) is 0. The number of hydrogen-bond donors (Lipinski definition) is 1. The third kappa shape index (κ3) is 3.16. The summed E-state index contributed by atoms with van der Waals surface area (Å²) in [7, 11) is 0. The summed E-state index contributed by atoms with van der Waals surface area (Å²) in [5, 5.41) is 2.50. The topological polar surface area (TPSA) is 29.1 Å². The van der Waals surface area contributed by atoms with Crippen LogP contribution in [0.15, 0.2) is 42.5 Å². The van der Waals surface area contributed by atoms with Gasteiger partial charge >= 0.3 is 0 Å². The average molecular weight is 261 g/mol. The molecule has 98 valence electrons. The first-order valence-corrected chi connectivity index (χ1v) is 5.85. The van der Waals surface area contributed by atoms with Crippen molar-refractivity contribution < 1.29 is 13.6 Å². The van der Waals surface area contributed by atoms with Crippen LogP contribution < -0.4 is 5.32 Å². The second-order valence-corrected chi connectivity index (χ2v) is 4.26. The lowest BCUT2D eigenvalue weighted by atomic mass is 10.1. The molecule has 0 spiro atoms. The molecule has 1 N–H and O–H groups in total. The molecule has 2 nitrogen and oxygen atoms in total. The minimum atomic E-state index is -0.860. The molecule has 0 saturated carbocycles. The lowest BCUT2D eigenvalue weighted by Crippen LogP contribution is -2.25. The lowest BCUT2D eigenvalue weighted by molar-refractivity contribution is 0.0942. The fraction of sp³-hybridized carbons (Fsp3) is 0.133. The second kappa shape index (κ2) is 5.61. The van der Waals surface area contributed by atoms with E-state index in [9.17, 15) is 13.6 Å². The number of halogens is 2. The van der Waals surface area contributed by atoms with E-state index in [0.717, 1.165) is 23.3 Å². The van der Waals surface area contributed by atoms with Gasteiger partial charge in [-0.2, -0.15) is 0 Å². The van der Waals surface area contributed by atoms with Crippen LogP contribution in [-0.4, -0.2) is 5.91 Å². The van der Waals surface area contributed by atoms with E-state index in [1.807, 2.05) is 31.2 Å². The summed E-state index contributed by atoms with van der Waals surface area (Å²) in [5.74, 6) is -2.47. The van der Waals surface area contributed by atoms with Crippen LogP contribution in [0.4, 0.5) is 8.78 Å². The zero-order valence-corrected chi connectivity index (χ0v) is 10.4. The van der Waals surface area contributed by atoms with Crippen LogP contribution in [0.1, 0.15) is 21.5 Å². The predicted octanol–water partition coefficient (Wildman–Crippen LogP) is 3.20. The van der Waals surface area contributed by atoms with Gasteiger partial charge in [0.2, 0.25) is 0 Å². The number of amides is 1. The van der Waals surface area contributed by atoms with Crippen LogP contribution in [0, 0.1) is 18.6 Å². The molecule has 0 aliphatic heterocycles. The van der Waals surface area contributed by atoms with Gasteiger partial charge in [0.25, 0.3) is 5.91 Å². The Morgan fingerprint density at radius 1 is 1.05 bits per heavy atom. The number of hydrogen-bond acceptors (Lipinski definition) is 1. The SMILES string of the molecule is Cc1ccc(CNC(=O)c2c(F)cccc2F)cc1. The molecule has 0 atom stereocenters. The average Bonchev–Trinajstić information content (AvgIpc) is 2.38. The summed E-state index contributed by atoms with van der Waals surface area (Å²) in [6.45, 7) is 2.18. The number of rotatable bonds is 3. The van der Waals surface area contributed by atoms with Crippen LogP contribution in [0.5, 0.6) is 0 Å². The number of aryl methyl sites for hydroxylation is 1. The van der Waals surface area contributed by atoms with Gasteiger partial charge in [0.05, 0.1) is 0 Å². The van der Waals surface area contributed by atoms with E-state index >= 15 is 0 Å². The Labute approximate surface area is 110 Å². The second-order valence-electron chi connectivity index (χ2n) is 4.26. The Morgan fingerprint density at radius 3 is 2.21 bits per heavy atom. The third-order valence-corrected chi connectivity index (χ3v) is 2.76. The third-order valence-electron chi connectivity index (χ3n) is 2.76. The van der Waals surface area contributed by atoms with Gasteiger partial charge in [0.15, 0.2) is 0 Å². The van der Waals surface area contributed by atoms with Crippen LogP contribution in [-0.2, 0) is 6.54 Å². The summed E-state index contributed by atoms with van der Waals surface area (Å²) in [5.41, 5.74) is 1.43. The highest BCUT2D eigenvalue weighted by Gasteiger charge is 2.16. The standard InChI is InChI=1S/C15H13F2NO/c1-10-5-7-11(8-6-10)9-18-15(19)14-12(16)3-2-4-13(14)17/h2-8H,9H2,1H3,(H,18,19). The largest absolute Gasteiger partial charge is 0.348 e. The molecular formula is C15H13F2NO. The van der Waals surface area contributed by atoms with Gasteiger partial charge in [-0.1, -0.05) is 35.9 Å². The molecule has 2 aromatic rings. The Bertz CT molecular complexity index is 573. The summed E-state index contributed by atoms with van der Waals surface area (Å²) < 4.78 is 26.8. The lowest BCUT2D eigenvalue weighted by Gasteiger charge is -2.07. The molecule has 4 heteroatoms. The van der Waals surface area contributed by atoms with Crippen molar-refractivity contribution in [3.63, 3.8) is 0 Å². The van der Waals surface area contributed by atoms with Crippen molar-refractivity contribution in [1.29, 1.82) is 0 Å². The molecule has 2 aromatic carbocycles. The van der Waals surface area contributed by atoms with Crippen molar-refractivity contribution in [1.82, 2.24) is 5.32 Å². The first-order chi connectivity index (χ1) is 9.08. The van der Waals surface area contributed by atoms with Gasteiger partial charge < -0.3 is 5.32 Å². The van der Waals surface area contributed by atoms with Crippen molar-refractivity contribution in [2.24, 2.45) is 0 Å². The summed E-state index contributed by atoms with van der Waals surface area (Å²) >= 11 is 0. The highest BCUT2D eigenvalue weighted by Crippen LogP contribution is 2.12. The van der Waals surface area contributed by atoms with Gasteiger partial charge in [-0.05, 0) is 24.6 Å². The zero-order chi connectivity index (χ0) is 13.8. The minimum Gasteiger partial charge on any atom is -0.348 e. The molecule has 0 fully saturated rings. The maximum Gasteiger partial charge on any atom is 0.257 e. The molecule has 2 rings (SSSR count). The molecule has 0 aromatic heterocycles. The van der Waals surface area contributed by atoms with Gasteiger partial charge in [-0.15, -0.1) is 0 Å². The number of carbonyl (C=O) groups is 1. The molecule has 19 heavy (non-hydrogen) atoms. The normalized spacial score (nSPS) is 10.3. The highest BCUT2D eigenvalue weighted by atomic mass is 19.1. The van der Waals surface area contributed by atoms with Crippen LogP contribution in [0.2, 0.25) is 0 Å². The van der Waals surface area contributed by atoms with Gasteiger partial charge in [0, 0.05) is 6.54 Å². The fourth-order valence-electron chi connectivity index (χ4n) is 1.69. The molecule has 0 aliphatic carbocycles. The smallest absolute Gasteiger partial charge is 0.257 e. The monoisotopic (exact) mass is 261 g/mol. The highest BCUT2D eigenvalue weighted by molar-refractivity contribution is 5.94. The number of nitrogens with one attached hydrogen (secondary N) is 1. The van der Waals surface area contributed by atoms with Crippen molar-refractivity contribution in [3.8, 4) is 0 Å². The Morgan fingerprint density at radius 2 is 1.63 bits per heavy atom. The Hall–Kier alpha value is -2.23. The van der Waals surface area contributed by atoms with Crippen molar-refractivity contribution >= 4 is 5.91 Å². The van der Waals surface area contributed by atoms with Gasteiger partial charge in [-0.3, -0.25) is 4.79 Å². The Balaban J connectivity index is 2.07. The van der Waals surface area contributed by atoms with E-state index in [0.29, 0.717) is 0 Å². The van der Waals surface area contributed by atoms with E-state index in [4.69, 9.17) is 0 Å². The van der Waals surface area contributed by atoms with Gasteiger partial charge in [-0.25, -0.2) is 8.78 Å². The maximum absolute atomic E-state index is 13.4. The fourth-order valence-corrected chi connectivity index (χ4v) is 1.69. The summed E-state index contributed by atoms with van der Waals surface area (Å²) in [4.78, 5) is 11.7. The maximum atomic E-state index is 13.4. The van der Waals surface area contributed by atoms with Crippen molar-refractivity contribution in [2.75, 3.05) is 0 Å². The van der Waals surface area contributed by atoms with E-state index in [1.165, 1.54) is 6.07 Å². The minimum absolute atomic E-state index is 0.229. The van der Waals surface area contributed by atoms with Crippen LogP contribution in [0.3, 0.4) is 0 Å². The van der Waals surface area contributed by atoms with Gasteiger partial charge in [0.1, 0.15) is 17.2 Å². The number of carbonyl (C=O) groups excluding carboxylic acids is 1.